The maximum absolute atomic E-state index is 3.99. The van der Waals surface area contributed by atoms with Gasteiger partial charge in [-0.15, -0.1) is 0 Å². The highest BCUT2D eigenvalue weighted by molar-refractivity contribution is 7.26. The third-order valence-corrected chi connectivity index (χ3v) is 3.59. The Morgan fingerprint density at radius 2 is 1.73 bits per heavy atom. The van der Waals surface area contributed by atoms with E-state index in [2.05, 4.69) is 16.9 Å². The van der Waals surface area contributed by atoms with E-state index < -0.39 is 0 Å². The van der Waals surface area contributed by atoms with Gasteiger partial charge in [0.2, 0.25) is 0 Å². The first-order valence-corrected chi connectivity index (χ1v) is 7.17. The zero-order chi connectivity index (χ0) is 10.8. The van der Waals surface area contributed by atoms with Crippen LogP contribution in [-0.2, 0) is 6.42 Å². The quantitative estimate of drug-likeness (QED) is 0.609. The van der Waals surface area contributed by atoms with Crippen molar-refractivity contribution in [2.75, 3.05) is 0 Å². The molecule has 2 nitrogen and oxygen atoms in total. The molecule has 0 aliphatic carbocycles. The lowest BCUT2D eigenvalue weighted by Crippen LogP contribution is -1.83. The van der Waals surface area contributed by atoms with E-state index in [-0.39, 0.29) is 0 Å². The fourth-order valence-electron chi connectivity index (χ4n) is 1.79. The van der Waals surface area contributed by atoms with Crippen LogP contribution in [0.25, 0.3) is 0 Å². The van der Waals surface area contributed by atoms with E-state index in [1.807, 2.05) is 6.20 Å². The molecule has 86 valence electrons. The van der Waals surface area contributed by atoms with Gasteiger partial charge in [0.05, 0.1) is 6.20 Å². The number of rotatable bonds is 9. The molecule has 0 saturated heterocycles. The van der Waals surface area contributed by atoms with Crippen LogP contribution in [0.2, 0.25) is 0 Å². The third kappa shape index (κ3) is 6.67. The fraction of sp³-hybridized carbons (Fsp3) is 0.833. The van der Waals surface area contributed by atoms with Crippen LogP contribution in [0, 0.1) is 0 Å². The molecule has 1 N–H and O–H groups in total. The molecule has 1 heterocycles. The molecule has 0 bridgehead atoms. The van der Waals surface area contributed by atoms with Gasteiger partial charge in [0.1, 0.15) is 0 Å². The summed E-state index contributed by atoms with van der Waals surface area (Å²) < 4.78 is 0. The van der Waals surface area contributed by atoms with Gasteiger partial charge in [0.15, 0.2) is 0 Å². The molecule has 0 aromatic carbocycles. The Labute approximate surface area is 95.0 Å². The van der Waals surface area contributed by atoms with Crippen molar-refractivity contribution in [3.8, 4) is 0 Å². The Bertz CT molecular complexity index is 222. The standard InChI is InChI=1S/C12H23N2P/c1-2-3-4-5-6-7-8-9-10-12-11-13-14-15-12/h11H,2-10H2,1H3,(H,13,14). The molecule has 3 heteroatoms. The van der Waals surface area contributed by atoms with Gasteiger partial charge in [-0.1, -0.05) is 51.9 Å². The summed E-state index contributed by atoms with van der Waals surface area (Å²) in [6.07, 6.45) is 14.4. The van der Waals surface area contributed by atoms with E-state index in [1.165, 1.54) is 71.4 Å². The first-order valence-electron chi connectivity index (χ1n) is 6.28. The van der Waals surface area contributed by atoms with Crippen molar-refractivity contribution in [2.24, 2.45) is 0 Å². The molecule has 15 heavy (non-hydrogen) atoms. The Balaban J connectivity index is 1.81. The van der Waals surface area contributed by atoms with E-state index in [4.69, 9.17) is 0 Å². The Hall–Kier alpha value is -0.360. The number of aryl methyl sites for hydroxylation is 1. The second-order valence-corrected chi connectivity index (χ2v) is 5.18. The minimum atomic E-state index is 1.21. The molecule has 0 unspecified atom stereocenters. The molecule has 0 saturated carbocycles. The molecule has 1 rings (SSSR count). The highest BCUT2D eigenvalue weighted by Crippen LogP contribution is 2.14. The van der Waals surface area contributed by atoms with Crippen LogP contribution in [0.15, 0.2) is 6.20 Å². The Kier molecular flexibility index (Phi) is 7.55. The van der Waals surface area contributed by atoms with Crippen molar-refractivity contribution >= 4 is 8.35 Å². The summed E-state index contributed by atoms with van der Waals surface area (Å²) in [5.74, 6) is 0. The zero-order valence-electron chi connectivity index (χ0n) is 9.84. The monoisotopic (exact) mass is 226 g/mol. The second-order valence-electron chi connectivity index (χ2n) is 4.19. The molecule has 0 amide bonds. The van der Waals surface area contributed by atoms with Crippen molar-refractivity contribution in [3.05, 3.63) is 11.5 Å². The highest BCUT2D eigenvalue weighted by Gasteiger charge is 1.95. The summed E-state index contributed by atoms with van der Waals surface area (Å²) in [5, 5.41) is 5.43. The summed E-state index contributed by atoms with van der Waals surface area (Å²) in [5.41, 5.74) is 0. The predicted molar refractivity (Wildman–Crippen MR) is 67.4 cm³/mol. The molecule has 0 aliphatic rings. The van der Waals surface area contributed by atoms with E-state index >= 15 is 0 Å². The lowest BCUT2D eigenvalue weighted by Gasteiger charge is -2.00. The first kappa shape index (κ1) is 12.7. The zero-order valence-corrected chi connectivity index (χ0v) is 10.7. The van der Waals surface area contributed by atoms with E-state index in [9.17, 15) is 0 Å². The molecule has 0 spiro atoms. The molecule has 1 aromatic rings. The number of nitrogens with zero attached hydrogens (tertiary/aromatic N) is 1. The number of nitrogens with one attached hydrogen (secondary N) is 1. The number of aromatic nitrogens is 2. The second kappa shape index (κ2) is 8.91. The number of aromatic amines is 1. The van der Waals surface area contributed by atoms with Gasteiger partial charge < -0.3 is 0 Å². The first-order chi connectivity index (χ1) is 7.43. The molecule has 0 radical (unpaired) electrons. The van der Waals surface area contributed by atoms with Crippen LogP contribution in [0.3, 0.4) is 0 Å². The van der Waals surface area contributed by atoms with Crippen LogP contribution in [0.5, 0.6) is 0 Å². The topological polar surface area (TPSA) is 28.7 Å². The van der Waals surface area contributed by atoms with Gasteiger partial charge >= 0.3 is 0 Å². The van der Waals surface area contributed by atoms with Crippen molar-refractivity contribution in [3.63, 3.8) is 0 Å². The predicted octanol–water partition coefficient (Wildman–Crippen LogP) is 4.67. The van der Waals surface area contributed by atoms with Gasteiger partial charge in [-0.25, -0.2) is 0 Å². The van der Waals surface area contributed by atoms with Crippen molar-refractivity contribution in [1.82, 2.24) is 9.96 Å². The van der Waals surface area contributed by atoms with Crippen LogP contribution in [0.1, 0.15) is 63.6 Å². The van der Waals surface area contributed by atoms with E-state index in [1.54, 1.807) is 0 Å². The summed E-state index contributed by atoms with van der Waals surface area (Å²) in [6.45, 7) is 2.27. The normalized spacial score (nSPS) is 11.3. The summed E-state index contributed by atoms with van der Waals surface area (Å²) in [7, 11) is 1.21. The van der Waals surface area contributed by atoms with E-state index in [0.29, 0.717) is 0 Å². The van der Waals surface area contributed by atoms with Crippen molar-refractivity contribution < 1.29 is 0 Å². The van der Waals surface area contributed by atoms with Gasteiger partial charge in [0, 0.05) is 13.6 Å². The van der Waals surface area contributed by atoms with Crippen LogP contribution >= 0.6 is 8.35 Å². The van der Waals surface area contributed by atoms with Gasteiger partial charge in [-0.2, -0.15) is 5.10 Å². The van der Waals surface area contributed by atoms with Gasteiger partial charge in [0.25, 0.3) is 0 Å². The summed E-state index contributed by atoms with van der Waals surface area (Å²) >= 11 is 0. The number of hydrogen-bond acceptors (Lipinski definition) is 1. The molecular weight excluding hydrogens is 203 g/mol. The number of H-pyrrole nitrogens is 1. The van der Waals surface area contributed by atoms with E-state index in [0.717, 1.165) is 0 Å². The number of hydrogen-bond donors (Lipinski definition) is 1. The largest absolute Gasteiger partial charge is 0.260 e. The smallest absolute Gasteiger partial charge is 0.0567 e. The summed E-state index contributed by atoms with van der Waals surface area (Å²) in [6, 6.07) is 0. The van der Waals surface area contributed by atoms with Crippen LogP contribution in [0.4, 0.5) is 0 Å². The SMILES string of the molecule is CCCCCCCCCCc1cn[nH]p1. The fourth-order valence-corrected chi connectivity index (χ4v) is 2.42. The highest BCUT2D eigenvalue weighted by atomic mass is 31.0. The summed E-state index contributed by atoms with van der Waals surface area (Å²) in [4.78, 5) is 2.95. The molecule has 0 aliphatic heterocycles. The Morgan fingerprint density at radius 3 is 2.33 bits per heavy atom. The lowest BCUT2D eigenvalue weighted by atomic mass is 10.1. The maximum atomic E-state index is 3.99. The minimum Gasteiger partial charge on any atom is -0.260 e. The average Bonchev–Trinajstić information content (AvgIpc) is 2.75. The van der Waals surface area contributed by atoms with Crippen LogP contribution in [-0.4, -0.2) is 9.96 Å². The van der Waals surface area contributed by atoms with Gasteiger partial charge in [-0.05, 0) is 12.8 Å². The van der Waals surface area contributed by atoms with Crippen molar-refractivity contribution in [1.29, 1.82) is 0 Å². The third-order valence-electron chi connectivity index (χ3n) is 2.75. The van der Waals surface area contributed by atoms with Gasteiger partial charge in [-0.3, -0.25) is 4.86 Å². The molecule has 0 fully saturated rings. The average molecular weight is 226 g/mol. The Morgan fingerprint density at radius 1 is 1.07 bits per heavy atom. The minimum absolute atomic E-state index is 1.21. The van der Waals surface area contributed by atoms with Crippen LogP contribution < -0.4 is 0 Å². The lowest BCUT2D eigenvalue weighted by molar-refractivity contribution is 0.576. The molecule has 0 atom stereocenters. The molecular formula is C12H23N2P. The van der Waals surface area contributed by atoms with Crippen molar-refractivity contribution in [2.45, 2.75) is 64.7 Å². The maximum Gasteiger partial charge on any atom is 0.0567 e. The molecule has 1 aromatic heterocycles. The number of unbranched alkanes of at least 4 members (excludes halogenated alkanes) is 7.